The largest absolute Gasteiger partial charge is 0.478 e. The fraction of sp³-hybridized carbons (Fsp3) is 0.375. The zero-order valence-electron chi connectivity index (χ0n) is 17.4. The van der Waals surface area contributed by atoms with E-state index in [2.05, 4.69) is 0 Å². The van der Waals surface area contributed by atoms with Crippen molar-refractivity contribution in [3.8, 4) is 0 Å². The predicted molar refractivity (Wildman–Crippen MR) is 116 cm³/mol. The Balaban J connectivity index is 1.59. The molecule has 2 aliphatic rings. The van der Waals surface area contributed by atoms with Gasteiger partial charge >= 0.3 is 5.97 Å². The van der Waals surface area contributed by atoms with E-state index in [9.17, 15) is 17.6 Å². The summed E-state index contributed by atoms with van der Waals surface area (Å²) in [6.07, 6.45) is 5.51. The Morgan fingerprint density at radius 3 is 2.52 bits per heavy atom. The summed E-state index contributed by atoms with van der Waals surface area (Å²) < 4.78 is 43.1. The average molecular weight is 444 g/mol. The maximum Gasteiger partial charge on any atom is 0.328 e. The van der Waals surface area contributed by atoms with Crippen LogP contribution in [-0.4, -0.2) is 29.8 Å². The van der Waals surface area contributed by atoms with Gasteiger partial charge in [-0.05, 0) is 49.8 Å². The Morgan fingerprint density at radius 2 is 1.90 bits per heavy atom. The molecule has 1 N–H and O–H groups in total. The predicted octanol–water partition coefficient (Wildman–Crippen LogP) is 4.55. The van der Waals surface area contributed by atoms with Gasteiger partial charge in [0.15, 0.2) is 0 Å². The van der Waals surface area contributed by atoms with Gasteiger partial charge in [0.2, 0.25) is 10.0 Å². The van der Waals surface area contributed by atoms with Gasteiger partial charge in [-0.3, -0.25) is 0 Å². The highest BCUT2D eigenvalue weighted by atomic mass is 32.2. The first kappa shape index (κ1) is 21.7. The molecule has 0 aromatic heterocycles. The summed E-state index contributed by atoms with van der Waals surface area (Å²) in [5.41, 5.74) is 1.38. The van der Waals surface area contributed by atoms with Crippen molar-refractivity contribution in [2.45, 2.75) is 55.9 Å². The standard InChI is InChI=1S/C24H26FNO4S/c1-17-7-10-22(18-5-3-2-4-6-18)31(29,30)26(17)16-19-8-9-20(15-21(19)25)24(13-14-24)12-11-23(27)28/h2-6,8-9,11-12,15,17,22H,7,10,13-14,16H2,1H3,(H,27,28)/b12-11+/t17-,22+/m0/s1. The molecule has 1 aliphatic heterocycles. The van der Waals surface area contributed by atoms with E-state index < -0.39 is 32.5 Å². The lowest BCUT2D eigenvalue weighted by Gasteiger charge is -2.37. The number of halogens is 1. The Labute approximate surface area is 182 Å². The second-order valence-electron chi connectivity index (χ2n) is 8.55. The van der Waals surface area contributed by atoms with E-state index in [1.54, 1.807) is 18.2 Å². The minimum atomic E-state index is -3.64. The van der Waals surface area contributed by atoms with Crippen LogP contribution in [0.15, 0.2) is 60.7 Å². The molecule has 31 heavy (non-hydrogen) atoms. The molecule has 164 valence electrons. The summed E-state index contributed by atoms with van der Waals surface area (Å²) in [5.74, 6) is -1.49. The highest BCUT2D eigenvalue weighted by molar-refractivity contribution is 7.89. The van der Waals surface area contributed by atoms with Crippen LogP contribution in [0.4, 0.5) is 4.39 Å². The van der Waals surface area contributed by atoms with E-state index >= 15 is 0 Å². The van der Waals surface area contributed by atoms with Crippen LogP contribution < -0.4 is 0 Å². The van der Waals surface area contributed by atoms with Gasteiger partial charge in [-0.1, -0.05) is 48.5 Å². The van der Waals surface area contributed by atoms with Gasteiger partial charge in [0.05, 0.1) is 0 Å². The van der Waals surface area contributed by atoms with Crippen LogP contribution in [0.25, 0.3) is 0 Å². The number of carbonyl (C=O) groups is 1. The number of aliphatic carboxylic acids is 1. The Morgan fingerprint density at radius 1 is 1.19 bits per heavy atom. The number of hydrogen-bond donors (Lipinski definition) is 1. The first-order valence-electron chi connectivity index (χ1n) is 10.5. The molecule has 1 saturated heterocycles. The summed E-state index contributed by atoms with van der Waals surface area (Å²) in [4.78, 5) is 10.8. The number of sulfonamides is 1. The lowest BCUT2D eigenvalue weighted by molar-refractivity contribution is -0.131. The van der Waals surface area contributed by atoms with Gasteiger partial charge in [-0.15, -0.1) is 0 Å². The molecule has 0 radical (unpaired) electrons. The third kappa shape index (κ3) is 4.29. The quantitative estimate of drug-likeness (QED) is 0.665. The highest BCUT2D eigenvalue weighted by Crippen LogP contribution is 2.50. The van der Waals surface area contributed by atoms with Crippen molar-refractivity contribution in [1.29, 1.82) is 0 Å². The third-order valence-electron chi connectivity index (χ3n) is 6.48. The van der Waals surface area contributed by atoms with Crippen molar-refractivity contribution < 1.29 is 22.7 Å². The van der Waals surface area contributed by atoms with Crippen molar-refractivity contribution in [3.63, 3.8) is 0 Å². The van der Waals surface area contributed by atoms with Gasteiger partial charge in [0.1, 0.15) is 11.1 Å². The summed E-state index contributed by atoms with van der Waals surface area (Å²) >= 11 is 0. The van der Waals surface area contributed by atoms with E-state index in [0.29, 0.717) is 18.4 Å². The van der Waals surface area contributed by atoms with Crippen LogP contribution in [0.1, 0.15) is 54.5 Å². The van der Waals surface area contributed by atoms with E-state index in [0.717, 1.165) is 30.0 Å². The molecular formula is C24H26FNO4S. The molecule has 0 unspecified atom stereocenters. The van der Waals surface area contributed by atoms with Gasteiger partial charge in [-0.25, -0.2) is 17.6 Å². The zero-order valence-corrected chi connectivity index (χ0v) is 18.2. The monoisotopic (exact) mass is 443 g/mol. The molecule has 5 nitrogen and oxygen atoms in total. The molecule has 0 spiro atoms. The number of rotatable bonds is 6. The molecule has 4 rings (SSSR count). The molecule has 2 aromatic carbocycles. The Hall–Kier alpha value is -2.51. The van der Waals surface area contributed by atoms with Crippen LogP contribution in [0.2, 0.25) is 0 Å². The van der Waals surface area contributed by atoms with Gasteiger partial charge in [-0.2, -0.15) is 4.31 Å². The van der Waals surface area contributed by atoms with Crippen LogP contribution in [0.5, 0.6) is 0 Å². The van der Waals surface area contributed by atoms with Crippen LogP contribution in [0, 0.1) is 5.82 Å². The van der Waals surface area contributed by atoms with E-state index in [-0.39, 0.29) is 12.6 Å². The lowest BCUT2D eigenvalue weighted by Crippen LogP contribution is -2.44. The molecule has 0 amide bonds. The van der Waals surface area contributed by atoms with E-state index in [4.69, 9.17) is 5.11 Å². The van der Waals surface area contributed by atoms with Crippen molar-refractivity contribution in [2.24, 2.45) is 0 Å². The number of hydrogen-bond acceptors (Lipinski definition) is 3. The minimum absolute atomic E-state index is 0.0170. The molecule has 1 saturated carbocycles. The topological polar surface area (TPSA) is 74.7 Å². The van der Waals surface area contributed by atoms with Crippen LogP contribution >= 0.6 is 0 Å². The first-order valence-corrected chi connectivity index (χ1v) is 12.0. The first-order chi connectivity index (χ1) is 14.7. The van der Waals surface area contributed by atoms with Crippen LogP contribution in [0.3, 0.4) is 0 Å². The molecule has 2 fully saturated rings. The summed E-state index contributed by atoms with van der Waals surface area (Å²) in [6.45, 7) is 1.85. The number of nitrogens with zero attached hydrogens (tertiary/aromatic N) is 1. The number of carboxylic acid groups (broad SMARTS) is 1. The normalized spacial score (nSPS) is 24.8. The maximum atomic E-state index is 15.0. The third-order valence-corrected chi connectivity index (χ3v) is 8.85. The molecule has 1 heterocycles. The van der Waals surface area contributed by atoms with Gasteiger partial charge in [0, 0.05) is 29.6 Å². The summed E-state index contributed by atoms with van der Waals surface area (Å²) in [7, 11) is -3.64. The molecule has 2 atom stereocenters. The second kappa shape index (κ2) is 8.20. The fourth-order valence-electron chi connectivity index (χ4n) is 4.42. The van der Waals surface area contributed by atoms with Crippen molar-refractivity contribution in [1.82, 2.24) is 4.31 Å². The van der Waals surface area contributed by atoms with Gasteiger partial charge < -0.3 is 5.11 Å². The van der Waals surface area contributed by atoms with Crippen molar-refractivity contribution in [2.75, 3.05) is 0 Å². The molecule has 0 bridgehead atoms. The summed E-state index contributed by atoms with van der Waals surface area (Å²) in [6, 6.07) is 13.8. The molecule has 7 heteroatoms. The molecular weight excluding hydrogens is 417 g/mol. The Kier molecular flexibility index (Phi) is 5.75. The van der Waals surface area contributed by atoms with Gasteiger partial charge in [0.25, 0.3) is 0 Å². The lowest BCUT2D eigenvalue weighted by atomic mass is 9.94. The highest BCUT2D eigenvalue weighted by Gasteiger charge is 2.43. The number of allylic oxidation sites excluding steroid dienone is 1. The fourth-order valence-corrected chi connectivity index (χ4v) is 6.61. The van der Waals surface area contributed by atoms with Crippen molar-refractivity contribution >= 4 is 16.0 Å². The average Bonchev–Trinajstić information content (AvgIpc) is 3.52. The molecule has 2 aromatic rings. The van der Waals surface area contributed by atoms with E-state index in [1.165, 1.54) is 10.4 Å². The Bertz CT molecular complexity index is 1110. The van der Waals surface area contributed by atoms with Crippen molar-refractivity contribution in [3.05, 3.63) is 83.2 Å². The second-order valence-corrected chi connectivity index (χ2v) is 10.6. The van der Waals surface area contributed by atoms with E-state index in [1.807, 2.05) is 37.3 Å². The zero-order chi connectivity index (χ0) is 22.2. The number of benzene rings is 2. The minimum Gasteiger partial charge on any atom is -0.478 e. The SMILES string of the molecule is C[C@H]1CC[C@H](c2ccccc2)S(=O)(=O)N1Cc1ccc(C2(/C=C/C(=O)O)CC2)cc1F. The molecule has 1 aliphatic carbocycles. The summed E-state index contributed by atoms with van der Waals surface area (Å²) in [5, 5.41) is 8.26. The number of carboxylic acids is 1. The smallest absolute Gasteiger partial charge is 0.328 e. The maximum absolute atomic E-state index is 15.0. The van der Waals surface area contributed by atoms with Crippen LogP contribution in [-0.2, 0) is 26.8 Å².